The number of aromatic nitrogens is 4. The van der Waals surface area contributed by atoms with Crippen LogP contribution in [-0.2, 0) is 51.9 Å². The zero-order valence-electron chi connectivity index (χ0n) is 91.7. The number of halogens is 2. The van der Waals surface area contributed by atoms with Gasteiger partial charge < -0.3 is 71.7 Å². The number of carbonyl (C=O) groups excluding carboxylic acids is 4. The van der Waals surface area contributed by atoms with Crippen molar-refractivity contribution in [2.45, 2.75) is 188 Å². The maximum absolute atomic E-state index is 13.9. The molecule has 0 aliphatic carbocycles. The van der Waals surface area contributed by atoms with Gasteiger partial charge in [0, 0.05) is 223 Å². The van der Waals surface area contributed by atoms with E-state index in [0.29, 0.717) is 6.79 Å². The average molecular weight is 2010 g/mol. The van der Waals surface area contributed by atoms with Crippen LogP contribution in [0, 0.1) is 67.0 Å². The molecule has 9 heterocycles. The van der Waals surface area contributed by atoms with E-state index in [1.165, 1.54) is 68.1 Å². The van der Waals surface area contributed by atoms with Crippen molar-refractivity contribution in [3.63, 3.8) is 0 Å². The van der Waals surface area contributed by atoms with E-state index in [1.807, 2.05) is 46.2 Å². The minimum absolute atomic E-state index is 0.148. The summed E-state index contributed by atoms with van der Waals surface area (Å²) in [5.74, 6) is 2.86. The summed E-state index contributed by atoms with van der Waals surface area (Å²) in [6.07, 6.45) is 7.99. The molecule has 5 aliphatic heterocycles. The average Bonchev–Trinajstić information content (AvgIpc) is 1.62. The van der Waals surface area contributed by atoms with Crippen LogP contribution < -0.4 is 14.2 Å². The lowest BCUT2D eigenvalue weighted by Crippen LogP contribution is -2.49. The first-order valence-electron chi connectivity index (χ1n) is 55.1. The van der Waals surface area contributed by atoms with Crippen molar-refractivity contribution in [1.82, 2.24) is 77.1 Å². The molecule has 0 spiro atoms. The third-order valence-electron chi connectivity index (χ3n) is 31.7. The molecule has 0 radical (unpaired) electrons. The van der Waals surface area contributed by atoms with Crippen molar-refractivity contribution < 1.29 is 42.2 Å². The molecule has 17 rings (SSSR count). The van der Waals surface area contributed by atoms with Crippen molar-refractivity contribution in [2.75, 3.05) is 223 Å². The van der Waals surface area contributed by atoms with Gasteiger partial charge in [-0.25, -0.2) is 8.78 Å². The first-order chi connectivity index (χ1) is 71.2. The Morgan fingerprint density at radius 3 is 0.850 bits per heavy atom. The number of hydrogen-bond donors (Lipinski definition) is 0. The topological polar surface area (TPSA) is 155 Å². The summed E-state index contributed by atoms with van der Waals surface area (Å²) in [5, 5.41) is 4.36. The molecule has 5 aliphatic rings. The van der Waals surface area contributed by atoms with E-state index in [4.69, 9.17) is 14.2 Å². The summed E-state index contributed by atoms with van der Waals surface area (Å²) >= 11 is 0. The minimum Gasteiger partial charge on any atom is -0.497 e. The fraction of sp³-hybridized carbons (Fsp3) is 0.508. The Morgan fingerprint density at radius 1 is 0.293 bits per heavy atom. The number of piperazine rings is 4. The molecule has 0 atom stereocenters. The van der Waals surface area contributed by atoms with Crippen LogP contribution in [0.15, 0.2) is 164 Å². The van der Waals surface area contributed by atoms with Crippen LogP contribution in [0.25, 0.3) is 43.6 Å². The first-order valence-corrected chi connectivity index (χ1v) is 55.1. The molecule has 0 bridgehead atoms. The number of benzene rings is 8. The molecule has 4 saturated heterocycles. The zero-order valence-corrected chi connectivity index (χ0v) is 91.7. The highest BCUT2D eigenvalue weighted by Crippen LogP contribution is 2.37. The fourth-order valence-electron chi connectivity index (χ4n) is 22.3. The molecule has 0 N–H and O–H groups in total. The van der Waals surface area contributed by atoms with Crippen LogP contribution in [0.2, 0.25) is 0 Å². The third-order valence-corrected chi connectivity index (χ3v) is 31.7. The maximum atomic E-state index is 13.9. The normalized spacial score (nSPS) is 15.0. The van der Waals surface area contributed by atoms with Crippen LogP contribution in [0.4, 0.5) is 8.78 Å². The fourth-order valence-corrected chi connectivity index (χ4v) is 22.3. The Hall–Kier alpha value is -11.3. The van der Waals surface area contributed by atoms with Gasteiger partial charge in [0.1, 0.15) is 17.4 Å². The SMILES string of the molecule is CCN(CC)CCCn1c(C)c(C(=O)N2CCN(CCc3ccc(F)cc3)CC2)c2cc(C)ccc21.CCN(CC)CCCn1c(C)c(C(=O)N2CCN(CCc3ccc(OC)cc3)CC2)c2cc(C)ccc21.CCN(CC)CCCn1c(C)c(C(=O)N2CCN(CCc3ccc4c(c3)OCO4)CC2)c2cc(C)ccc21.CCN(CC)CCCn1c(C)c(C(=O)N2CCN(CCc3cccc(F)c3)CC2)c2cc(C)ccc21. The van der Waals surface area contributed by atoms with Crippen LogP contribution in [-0.4, -0.2) is 324 Å². The molecule has 8 aromatic carbocycles. The number of nitrogens with zero attached hydrogens (tertiary/aromatic N) is 16. The smallest absolute Gasteiger partial charge is 0.256 e. The summed E-state index contributed by atoms with van der Waals surface area (Å²) in [7, 11) is 1.70. The third kappa shape index (κ3) is 28.7. The predicted molar refractivity (Wildman–Crippen MR) is 598 cm³/mol. The molecule has 4 amide bonds. The number of methoxy groups -OCH3 is 1. The molecular weight excluding hydrogens is 1840 g/mol. The number of amides is 4. The number of ether oxygens (including phenoxy) is 3. The molecule has 23 nitrogen and oxygen atoms in total. The lowest BCUT2D eigenvalue weighted by atomic mass is 10.1. The van der Waals surface area contributed by atoms with Gasteiger partial charge in [0.2, 0.25) is 6.79 Å². The van der Waals surface area contributed by atoms with E-state index in [-0.39, 0.29) is 35.3 Å². The van der Waals surface area contributed by atoms with Crippen molar-refractivity contribution in [3.05, 3.63) is 265 Å². The number of rotatable bonds is 41. The van der Waals surface area contributed by atoms with Gasteiger partial charge in [-0.1, -0.05) is 144 Å². The molecule has 12 aromatic rings. The van der Waals surface area contributed by atoms with Gasteiger partial charge in [-0.2, -0.15) is 0 Å². The van der Waals surface area contributed by atoms with E-state index in [2.05, 4.69) is 275 Å². The Kier molecular flexibility index (Phi) is 41.1. The predicted octanol–water partition coefficient (Wildman–Crippen LogP) is 20.0. The second kappa shape index (κ2) is 54.3. The van der Waals surface area contributed by atoms with E-state index < -0.39 is 0 Å². The molecule has 0 unspecified atom stereocenters. The molecule has 25 heteroatoms. The van der Waals surface area contributed by atoms with Crippen molar-refractivity contribution in [3.8, 4) is 17.2 Å². The lowest BCUT2D eigenvalue weighted by Gasteiger charge is -2.35. The van der Waals surface area contributed by atoms with E-state index in [1.54, 1.807) is 19.2 Å². The first kappa shape index (κ1) is 111. The molecular formula is C122H168F2N16O7. The highest BCUT2D eigenvalue weighted by atomic mass is 19.1. The van der Waals surface area contributed by atoms with Crippen molar-refractivity contribution in [1.29, 1.82) is 0 Å². The van der Waals surface area contributed by atoms with Crippen LogP contribution >= 0.6 is 0 Å². The van der Waals surface area contributed by atoms with E-state index in [9.17, 15) is 28.0 Å². The Labute approximate surface area is 875 Å². The largest absolute Gasteiger partial charge is 0.497 e. The quantitative estimate of drug-likeness (QED) is 0.0357. The van der Waals surface area contributed by atoms with Gasteiger partial charge in [-0.3, -0.25) is 38.8 Å². The highest BCUT2D eigenvalue weighted by Gasteiger charge is 2.34. The highest BCUT2D eigenvalue weighted by molar-refractivity contribution is 6.11. The molecule has 0 saturated carbocycles. The van der Waals surface area contributed by atoms with Gasteiger partial charge in [-0.05, 0) is 305 Å². The van der Waals surface area contributed by atoms with Gasteiger partial charge in [0.05, 0.1) is 29.4 Å². The molecule has 792 valence electrons. The zero-order chi connectivity index (χ0) is 104. The van der Waals surface area contributed by atoms with Gasteiger partial charge in [0.15, 0.2) is 11.5 Å². The second-order valence-electron chi connectivity index (χ2n) is 40.9. The standard InChI is InChI=1S/C31H42N4O3.C31H44N4O2.2C30H41FN4O/c1-5-32(6-2)13-7-14-35-24(4)30(26-20-23(3)8-10-27(26)35)31(36)34-18-16-33(17-19-34)15-12-25-9-11-28-29(21-25)38-22-37-28;1-6-32(7-2)16-8-17-35-25(4)30(28-23-24(3)9-14-29(28)35)31(36)34-21-19-33(20-22-34)18-15-26-10-12-27(37-5)13-11-26;1-5-32(6-2)15-7-16-35-24(4)29(27-22-23(3)8-13-28(27)35)30(36)34-20-18-33(19-21-34)17-14-25-9-11-26(31)12-10-25;1-5-32(6-2)14-8-15-35-24(4)29(27-21-23(3)11-12-28(27)35)30(36)34-19-17-33(18-20-34)16-13-25-9-7-10-26(31)22-25/h8-11,20-21H,5-7,12-19,22H2,1-4H3;9-14,23H,6-8,15-22H2,1-5H3;8-13,22H,5-7,14-21H2,1-4H3;7,9-12,21-22H,5-6,8,13-20H2,1-4H3. The lowest BCUT2D eigenvalue weighted by molar-refractivity contribution is 0.0633. The van der Waals surface area contributed by atoms with Crippen LogP contribution in [0.1, 0.15) is 190 Å². The molecule has 4 aromatic heterocycles. The Morgan fingerprint density at radius 2 is 0.565 bits per heavy atom. The number of aryl methyl sites for hydroxylation is 8. The summed E-state index contributed by atoms with van der Waals surface area (Å²) < 4.78 is 52.3. The van der Waals surface area contributed by atoms with E-state index >= 15 is 0 Å². The van der Waals surface area contributed by atoms with Crippen LogP contribution in [0.3, 0.4) is 0 Å². The number of fused-ring (bicyclic) bond motifs is 5. The molecule has 147 heavy (non-hydrogen) atoms. The van der Waals surface area contributed by atoms with Gasteiger partial charge in [0.25, 0.3) is 23.6 Å². The van der Waals surface area contributed by atoms with Crippen molar-refractivity contribution >= 4 is 67.2 Å². The Bertz CT molecular complexity index is 6290. The number of hydrogen-bond acceptors (Lipinski definition) is 15. The summed E-state index contributed by atoms with van der Waals surface area (Å²) in [5.41, 5.74) is 22.1. The summed E-state index contributed by atoms with van der Waals surface area (Å²) in [6, 6.07) is 54.3. The van der Waals surface area contributed by atoms with Gasteiger partial charge >= 0.3 is 0 Å². The summed E-state index contributed by atoms with van der Waals surface area (Å²) in [4.78, 5) is 83.1. The Balaban J connectivity index is 0.000000155. The van der Waals surface area contributed by atoms with Gasteiger partial charge in [-0.15, -0.1) is 0 Å². The summed E-state index contributed by atoms with van der Waals surface area (Å²) in [6.45, 7) is 68.4. The minimum atomic E-state index is -0.193. The second-order valence-corrected chi connectivity index (χ2v) is 40.9. The molecule has 4 fully saturated rings. The van der Waals surface area contributed by atoms with Crippen LogP contribution in [0.5, 0.6) is 17.2 Å². The van der Waals surface area contributed by atoms with E-state index in [0.717, 1.165) is 387 Å². The van der Waals surface area contributed by atoms with Crippen molar-refractivity contribution in [2.24, 2.45) is 0 Å². The monoisotopic (exact) mass is 2010 g/mol. The maximum Gasteiger partial charge on any atom is 0.256 e. The number of carbonyl (C=O) groups is 4.